The molecule has 1 atom stereocenters. The maximum absolute atomic E-state index is 6.23. The molecule has 0 radical (unpaired) electrons. The summed E-state index contributed by atoms with van der Waals surface area (Å²) in [4.78, 5) is 0. The highest BCUT2D eigenvalue weighted by Crippen LogP contribution is 2.35. The van der Waals surface area contributed by atoms with Crippen molar-refractivity contribution in [3.63, 3.8) is 0 Å². The van der Waals surface area contributed by atoms with Gasteiger partial charge in [0.2, 0.25) is 0 Å². The first-order chi connectivity index (χ1) is 8.26. The van der Waals surface area contributed by atoms with Gasteiger partial charge in [-0.3, -0.25) is 0 Å². The molecule has 1 aliphatic heterocycles. The van der Waals surface area contributed by atoms with Crippen LogP contribution >= 0.6 is 0 Å². The van der Waals surface area contributed by atoms with Gasteiger partial charge in [0, 0.05) is 12.8 Å². The molecular formula is C15H30O2. The van der Waals surface area contributed by atoms with Crippen LogP contribution in [0.3, 0.4) is 0 Å². The molecule has 17 heavy (non-hydrogen) atoms. The predicted molar refractivity (Wildman–Crippen MR) is 72.1 cm³/mol. The van der Waals surface area contributed by atoms with Crippen molar-refractivity contribution in [1.29, 1.82) is 0 Å². The molecule has 102 valence electrons. The Labute approximate surface area is 107 Å². The molecule has 0 N–H and O–H groups in total. The largest absolute Gasteiger partial charge is 0.347 e. The molecule has 0 aromatic rings. The third kappa shape index (κ3) is 4.97. The lowest BCUT2D eigenvalue weighted by molar-refractivity contribution is -0.179. The van der Waals surface area contributed by atoms with Gasteiger partial charge in [-0.05, 0) is 19.3 Å². The van der Waals surface area contributed by atoms with Gasteiger partial charge in [0.25, 0.3) is 0 Å². The molecule has 2 nitrogen and oxygen atoms in total. The van der Waals surface area contributed by atoms with Gasteiger partial charge in [-0.2, -0.15) is 0 Å². The average molecular weight is 242 g/mol. The van der Waals surface area contributed by atoms with Gasteiger partial charge in [-0.15, -0.1) is 0 Å². The van der Waals surface area contributed by atoms with Gasteiger partial charge in [0.15, 0.2) is 5.79 Å². The first-order valence-electron chi connectivity index (χ1n) is 7.58. The highest BCUT2D eigenvalue weighted by molar-refractivity contribution is 4.79. The van der Waals surface area contributed by atoms with E-state index in [1.165, 1.54) is 38.5 Å². The van der Waals surface area contributed by atoms with Crippen LogP contribution in [0.5, 0.6) is 0 Å². The van der Waals surface area contributed by atoms with E-state index < -0.39 is 0 Å². The van der Waals surface area contributed by atoms with Gasteiger partial charge in [-0.1, -0.05) is 46.5 Å². The van der Waals surface area contributed by atoms with E-state index in [1.807, 2.05) is 0 Å². The zero-order valence-electron chi connectivity index (χ0n) is 12.0. The van der Waals surface area contributed by atoms with Crippen molar-refractivity contribution in [2.75, 3.05) is 6.61 Å². The standard InChI is InChI=1S/C15H30O2/c1-4-7-10-14-13-16-15(17-14,11-8-5-2)12-9-6-3/h14H,4-13H2,1-3H3. The van der Waals surface area contributed by atoms with Crippen LogP contribution in [0.25, 0.3) is 0 Å². The minimum Gasteiger partial charge on any atom is -0.347 e. The second-order valence-electron chi connectivity index (χ2n) is 5.31. The van der Waals surface area contributed by atoms with E-state index in [2.05, 4.69) is 20.8 Å². The molecule has 0 amide bonds. The van der Waals surface area contributed by atoms with Crippen molar-refractivity contribution in [2.45, 2.75) is 90.4 Å². The molecule has 0 aromatic heterocycles. The van der Waals surface area contributed by atoms with Gasteiger partial charge < -0.3 is 9.47 Å². The monoisotopic (exact) mass is 242 g/mol. The zero-order chi connectivity index (χ0) is 12.6. The molecule has 0 spiro atoms. The summed E-state index contributed by atoms with van der Waals surface area (Å²) in [5.41, 5.74) is 0. The van der Waals surface area contributed by atoms with E-state index in [9.17, 15) is 0 Å². The molecule has 1 rings (SSSR count). The van der Waals surface area contributed by atoms with Crippen LogP contribution in [0.1, 0.15) is 78.6 Å². The number of hydrogen-bond donors (Lipinski definition) is 0. The smallest absolute Gasteiger partial charge is 0.168 e. The third-order valence-corrected chi connectivity index (χ3v) is 3.62. The number of unbranched alkanes of at least 4 members (excludes halogenated alkanes) is 3. The Morgan fingerprint density at radius 1 is 0.941 bits per heavy atom. The van der Waals surface area contributed by atoms with Crippen LogP contribution < -0.4 is 0 Å². The Morgan fingerprint density at radius 2 is 1.53 bits per heavy atom. The fraction of sp³-hybridized carbons (Fsp3) is 1.00. The van der Waals surface area contributed by atoms with Gasteiger partial charge in [0.1, 0.15) is 0 Å². The normalized spacial score (nSPS) is 23.1. The fourth-order valence-corrected chi connectivity index (χ4v) is 2.47. The Hall–Kier alpha value is -0.0800. The van der Waals surface area contributed by atoms with Gasteiger partial charge in [-0.25, -0.2) is 0 Å². The molecule has 0 saturated carbocycles. The summed E-state index contributed by atoms with van der Waals surface area (Å²) in [6, 6.07) is 0. The average Bonchev–Trinajstić information content (AvgIpc) is 2.76. The minimum absolute atomic E-state index is 0.232. The highest BCUT2D eigenvalue weighted by Gasteiger charge is 2.39. The lowest BCUT2D eigenvalue weighted by Gasteiger charge is -2.28. The van der Waals surface area contributed by atoms with Crippen molar-refractivity contribution < 1.29 is 9.47 Å². The Bertz CT molecular complexity index is 183. The molecule has 2 heteroatoms. The fourth-order valence-electron chi connectivity index (χ4n) is 2.47. The second kappa shape index (κ2) is 8.10. The third-order valence-electron chi connectivity index (χ3n) is 3.62. The number of ether oxygens (including phenoxy) is 2. The van der Waals surface area contributed by atoms with E-state index in [4.69, 9.17) is 9.47 Å². The molecular weight excluding hydrogens is 212 g/mol. The summed E-state index contributed by atoms with van der Waals surface area (Å²) in [5.74, 6) is -0.232. The Morgan fingerprint density at radius 3 is 2.06 bits per heavy atom. The minimum atomic E-state index is -0.232. The Balaban J connectivity index is 2.42. The number of rotatable bonds is 9. The van der Waals surface area contributed by atoms with Crippen LogP contribution in [0.15, 0.2) is 0 Å². The summed E-state index contributed by atoms with van der Waals surface area (Å²) in [7, 11) is 0. The van der Waals surface area contributed by atoms with E-state index in [0.717, 1.165) is 25.9 Å². The highest BCUT2D eigenvalue weighted by atomic mass is 16.7. The predicted octanol–water partition coefficient (Wildman–Crippen LogP) is 4.67. The molecule has 1 saturated heterocycles. The molecule has 0 aromatic carbocycles. The van der Waals surface area contributed by atoms with Crippen molar-refractivity contribution in [1.82, 2.24) is 0 Å². The molecule has 0 bridgehead atoms. The van der Waals surface area contributed by atoms with E-state index in [0.29, 0.717) is 6.10 Å². The van der Waals surface area contributed by atoms with Gasteiger partial charge >= 0.3 is 0 Å². The van der Waals surface area contributed by atoms with Crippen molar-refractivity contribution in [3.8, 4) is 0 Å². The summed E-state index contributed by atoms with van der Waals surface area (Å²) < 4.78 is 12.3. The summed E-state index contributed by atoms with van der Waals surface area (Å²) in [6.07, 6.45) is 11.0. The summed E-state index contributed by atoms with van der Waals surface area (Å²) in [5, 5.41) is 0. The lowest BCUT2D eigenvalue weighted by atomic mass is 10.0. The van der Waals surface area contributed by atoms with E-state index in [1.54, 1.807) is 0 Å². The van der Waals surface area contributed by atoms with Crippen LogP contribution in [0.2, 0.25) is 0 Å². The first-order valence-corrected chi connectivity index (χ1v) is 7.58. The van der Waals surface area contributed by atoms with Crippen LogP contribution in [0, 0.1) is 0 Å². The van der Waals surface area contributed by atoms with E-state index >= 15 is 0 Å². The van der Waals surface area contributed by atoms with Crippen LogP contribution in [0.4, 0.5) is 0 Å². The summed E-state index contributed by atoms with van der Waals surface area (Å²) in [6.45, 7) is 7.51. The molecule has 1 aliphatic rings. The van der Waals surface area contributed by atoms with Crippen molar-refractivity contribution >= 4 is 0 Å². The molecule has 1 heterocycles. The molecule has 1 unspecified atom stereocenters. The lowest BCUT2D eigenvalue weighted by Crippen LogP contribution is -2.31. The Kier molecular flexibility index (Phi) is 7.14. The van der Waals surface area contributed by atoms with E-state index in [-0.39, 0.29) is 5.79 Å². The topological polar surface area (TPSA) is 18.5 Å². The van der Waals surface area contributed by atoms with Crippen molar-refractivity contribution in [3.05, 3.63) is 0 Å². The number of hydrogen-bond acceptors (Lipinski definition) is 2. The maximum atomic E-state index is 6.23. The zero-order valence-corrected chi connectivity index (χ0v) is 12.0. The molecule has 0 aliphatic carbocycles. The molecule has 1 fully saturated rings. The van der Waals surface area contributed by atoms with Crippen LogP contribution in [-0.4, -0.2) is 18.5 Å². The quantitative estimate of drug-likeness (QED) is 0.585. The SMILES string of the molecule is CCCCC1COC(CCCC)(CCCC)O1. The maximum Gasteiger partial charge on any atom is 0.168 e. The van der Waals surface area contributed by atoms with Crippen molar-refractivity contribution in [2.24, 2.45) is 0 Å². The van der Waals surface area contributed by atoms with Crippen LogP contribution in [-0.2, 0) is 9.47 Å². The first kappa shape index (κ1) is 15.0. The van der Waals surface area contributed by atoms with Gasteiger partial charge in [0.05, 0.1) is 12.7 Å². The second-order valence-corrected chi connectivity index (χ2v) is 5.31. The summed E-state index contributed by atoms with van der Waals surface area (Å²) >= 11 is 0.